The number of hydrogen-bond donors (Lipinski definition) is 0. The van der Waals surface area contributed by atoms with Crippen LogP contribution in [0.1, 0.15) is 20.3 Å². The Hall–Kier alpha value is -0.770. The van der Waals surface area contributed by atoms with E-state index in [1.807, 2.05) is 6.92 Å². The molecule has 12 heavy (non-hydrogen) atoms. The predicted octanol–water partition coefficient (Wildman–Crippen LogP) is 1.59. The fraction of sp³-hybridized carbons (Fsp3) is 0.875. The van der Waals surface area contributed by atoms with Gasteiger partial charge in [0.05, 0.1) is 13.2 Å². The maximum absolute atomic E-state index is 10.6. The largest absolute Gasteiger partial charge is 0.508 e. The summed E-state index contributed by atoms with van der Waals surface area (Å²) in [7, 11) is 0. The van der Waals surface area contributed by atoms with Crippen molar-refractivity contribution < 1.29 is 19.0 Å². The lowest BCUT2D eigenvalue weighted by atomic mass is 10.5. The summed E-state index contributed by atoms with van der Waals surface area (Å²) in [6, 6.07) is 0. The minimum Gasteiger partial charge on any atom is -0.435 e. The number of carbonyl (C=O) groups is 1. The van der Waals surface area contributed by atoms with Crippen molar-refractivity contribution in [2.45, 2.75) is 20.3 Å². The van der Waals surface area contributed by atoms with Gasteiger partial charge in [0.15, 0.2) is 0 Å². The molecule has 0 atom stereocenters. The topological polar surface area (TPSA) is 44.8 Å². The Kier molecular flexibility index (Phi) is 7.79. The molecule has 0 saturated carbocycles. The Morgan fingerprint density at radius 1 is 1.08 bits per heavy atom. The minimum absolute atomic E-state index is 0.263. The average molecular weight is 176 g/mol. The molecule has 0 N–H and O–H groups in total. The highest BCUT2D eigenvalue weighted by atomic mass is 16.7. The van der Waals surface area contributed by atoms with Crippen molar-refractivity contribution in [2.24, 2.45) is 0 Å². The first-order valence-electron chi connectivity index (χ1n) is 4.18. The fourth-order valence-corrected chi connectivity index (χ4v) is 0.590. The summed E-state index contributed by atoms with van der Waals surface area (Å²) in [5, 5.41) is 0. The monoisotopic (exact) mass is 176 g/mol. The number of rotatable bonds is 6. The SMILES string of the molecule is CCCOCCOC(=O)OCC. The van der Waals surface area contributed by atoms with E-state index >= 15 is 0 Å². The Balaban J connectivity index is 3.03. The van der Waals surface area contributed by atoms with Crippen molar-refractivity contribution in [1.29, 1.82) is 0 Å². The number of hydrogen-bond acceptors (Lipinski definition) is 4. The van der Waals surface area contributed by atoms with Crippen LogP contribution in [0.25, 0.3) is 0 Å². The summed E-state index contributed by atoms with van der Waals surface area (Å²) in [5.74, 6) is 0. The van der Waals surface area contributed by atoms with Gasteiger partial charge < -0.3 is 14.2 Å². The van der Waals surface area contributed by atoms with Gasteiger partial charge in [-0.25, -0.2) is 4.79 Å². The van der Waals surface area contributed by atoms with Gasteiger partial charge in [-0.3, -0.25) is 0 Å². The lowest BCUT2D eigenvalue weighted by Gasteiger charge is -2.04. The average Bonchev–Trinajstić information content (AvgIpc) is 2.05. The molecule has 0 aromatic rings. The van der Waals surface area contributed by atoms with Gasteiger partial charge in [-0.2, -0.15) is 0 Å². The van der Waals surface area contributed by atoms with E-state index in [1.165, 1.54) is 0 Å². The first-order chi connectivity index (χ1) is 5.81. The van der Waals surface area contributed by atoms with E-state index in [-0.39, 0.29) is 6.61 Å². The van der Waals surface area contributed by atoms with Gasteiger partial charge in [0, 0.05) is 6.61 Å². The van der Waals surface area contributed by atoms with E-state index in [0.717, 1.165) is 6.42 Å². The summed E-state index contributed by atoms with van der Waals surface area (Å²) < 4.78 is 14.3. The molecule has 0 saturated heterocycles. The van der Waals surface area contributed by atoms with E-state index in [2.05, 4.69) is 9.47 Å². The molecule has 0 aromatic heterocycles. The van der Waals surface area contributed by atoms with E-state index in [4.69, 9.17) is 4.74 Å². The third kappa shape index (κ3) is 7.34. The van der Waals surface area contributed by atoms with E-state index in [1.54, 1.807) is 6.92 Å². The molecule has 0 heterocycles. The van der Waals surface area contributed by atoms with Crippen LogP contribution in [0.2, 0.25) is 0 Å². The van der Waals surface area contributed by atoms with E-state index < -0.39 is 6.16 Å². The Labute approximate surface area is 72.8 Å². The van der Waals surface area contributed by atoms with Gasteiger partial charge in [-0.15, -0.1) is 0 Å². The molecule has 0 aliphatic carbocycles. The van der Waals surface area contributed by atoms with Crippen LogP contribution in [0.3, 0.4) is 0 Å². The number of ether oxygens (including phenoxy) is 3. The molecule has 0 unspecified atom stereocenters. The molecule has 0 rings (SSSR count). The second-order valence-corrected chi connectivity index (χ2v) is 2.14. The second kappa shape index (κ2) is 8.33. The zero-order valence-corrected chi connectivity index (χ0v) is 7.67. The third-order valence-corrected chi connectivity index (χ3v) is 1.06. The summed E-state index contributed by atoms with van der Waals surface area (Å²) in [4.78, 5) is 10.6. The zero-order chi connectivity index (χ0) is 9.23. The van der Waals surface area contributed by atoms with Crippen LogP contribution >= 0.6 is 0 Å². The Morgan fingerprint density at radius 3 is 2.42 bits per heavy atom. The number of carbonyl (C=O) groups excluding carboxylic acids is 1. The van der Waals surface area contributed by atoms with Crippen LogP contribution in [-0.4, -0.2) is 32.6 Å². The first kappa shape index (κ1) is 11.2. The van der Waals surface area contributed by atoms with E-state index in [0.29, 0.717) is 19.8 Å². The highest BCUT2D eigenvalue weighted by molar-refractivity contribution is 5.59. The quantitative estimate of drug-likeness (QED) is 0.455. The van der Waals surface area contributed by atoms with Crippen molar-refractivity contribution in [2.75, 3.05) is 26.4 Å². The lowest BCUT2D eigenvalue weighted by molar-refractivity contribution is 0.0296. The molecular weight excluding hydrogens is 160 g/mol. The highest BCUT2D eigenvalue weighted by Crippen LogP contribution is 1.86. The normalized spacial score (nSPS) is 9.50. The van der Waals surface area contributed by atoms with Crippen LogP contribution in [0.4, 0.5) is 4.79 Å². The molecule has 4 nitrogen and oxygen atoms in total. The molecule has 0 radical (unpaired) electrons. The smallest absolute Gasteiger partial charge is 0.435 e. The molecule has 0 aliphatic rings. The first-order valence-corrected chi connectivity index (χ1v) is 4.18. The molecule has 0 spiro atoms. The maximum atomic E-state index is 10.6. The Bertz CT molecular complexity index is 114. The second-order valence-electron chi connectivity index (χ2n) is 2.14. The van der Waals surface area contributed by atoms with Gasteiger partial charge >= 0.3 is 6.16 Å². The molecule has 0 aliphatic heterocycles. The standard InChI is InChI=1S/C8H16O4/c1-3-5-10-6-7-12-8(9)11-4-2/h3-7H2,1-2H3. The van der Waals surface area contributed by atoms with E-state index in [9.17, 15) is 4.79 Å². The minimum atomic E-state index is -0.627. The lowest BCUT2D eigenvalue weighted by Crippen LogP contribution is -2.12. The predicted molar refractivity (Wildman–Crippen MR) is 44.1 cm³/mol. The van der Waals surface area contributed by atoms with Crippen LogP contribution < -0.4 is 0 Å². The Morgan fingerprint density at radius 2 is 1.83 bits per heavy atom. The third-order valence-electron chi connectivity index (χ3n) is 1.06. The van der Waals surface area contributed by atoms with Gasteiger partial charge in [0.2, 0.25) is 0 Å². The van der Waals surface area contributed by atoms with Crippen LogP contribution in [0, 0.1) is 0 Å². The summed E-state index contributed by atoms with van der Waals surface area (Å²) >= 11 is 0. The van der Waals surface area contributed by atoms with Crippen molar-refractivity contribution in [3.05, 3.63) is 0 Å². The summed E-state index contributed by atoms with van der Waals surface area (Å²) in [5.41, 5.74) is 0. The summed E-state index contributed by atoms with van der Waals surface area (Å²) in [6.07, 6.45) is 0.344. The van der Waals surface area contributed by atoms with Crippen LogP contribution in [0.5, 0.6) is 0 Å². The van der Waals surface area contributed by atoms with Crippen molar-refractivity contribution >= 4 is 6.16 Å². The van der Waals surface area contributed by atoms with Crippen LogP contribution in [0.15, 0.2) is 0 Å². The van der Waals surface area contributed by atoms with Crippen molar-refractivity contribution in [1.82, 2.24) is 0 Å². The van der Waals surface area contributed by atoms with Gasteiger partial charge in [0.1, 0.15) is 6.61 Å². The molecule has 0 aromatic carbocycles. The molecule has 0 bridgehead atoms. The maximum Gasteiger partial charge on any atom is 0.508 e. The summed E-state index contributed by atoms with van der Waals surface area (Å²) in [6.45, 7) is 5.49. The van der Waals surface area contributed by atoms with Crippen molar-refractivity contribution in [3.63, 3.8) is 0 Å². The van der Waals surface area contributed by atoms with Crippen LogP contribution in [-0.2, 0) is 14.2 Å². The van der Waals surface area contributed by atoms with Crippen molar-refractivity contribution in [3.8, 4) is 0 Å². The molecule has 0 fully saturated rings. The molecule has 72 valence electrons. The van der Waals surface area contributed by atoms with Gasteiger partial charge in [0.25, 0.3) is 0 Å². The van der Waals surface area contributed by atoms with Gasteiger partial charge in [-0.1, -0.05) is 6.92 Å². The fourth-order valence-electron chi connectivity index (χ4n) is 0.590. The molecular formula is C8H16O4. The molecule has 0 amide bonds. The highest BCUT2D eigenvalue weighted by Gasteiger charge is 1.99. The van der Waals surface area contributed by atoms with Gasteiger partial charge in [-0.05, 0) is 13.3 Å². The molecule has 4 heteroatoms. The zero-order valence-electron chi connectivity index (χ0n) is 7.67.